The molecule has 0 saturated carbocycles. The van der Waals surface area contributed by atoms with E-state index in [-0.39, 0.29) is 47.8 Å². The number of rotatable bonds is 10. The maximum absolute atomic E-state index is 11.7. The van der Waals surface area contributed by atoms with Crippen LogP contribution in [0.25, 0.3) is 0 Å². The number of ether oxygens (including phenoxy) is 4. The van der Waals surface area contributed by atoms with Gasteiger partial charge in [-0.3, -0.25) is 9.78 Å². The molecule has 0 amide bonds. The lowest BCUT2D eigenvalue weighted by Crippen LogP contribution is -2.34. The molecule has 1 aliphatic heterocycles. The fourth-order valence-electron chi connectivity index (χ4n) is 4.64. The minimum Gasteiger partial charge on any atom is -0.504 e. The molecule has 1 fully saturated rings. The summed E-state index contributed by atoms with van der Waals surface area (Å²) < 4.78 is 22.9. The van der Waals surface area contributed by atoms with Crippen LogP contribution in [0.2, 0.25) is 0 Å². The van der Waals surface area contributed by atoms with E-state index < -0.39 is 6.10 Å². The average Bonchev–Trinajstić information content (AvgIpc) is 2.90. The molecule has 0 unspecified atom stereocenters. The summed E-state index contributed by atoms with van der Waals surface area (Å²) in [6, 6.07) is 12.1. The van der Waals surface area contributed by atoms with Crippen molar-refractivity contribution in [1.82, 2.24) is 4.98 Å². The molecule has 9 nitrogen and oxygen atoms in total. The monoisotopic (exact) mass is 523 g/mol. The zero-order chi connectivity index (χ0) is 27.1. The Morgan fingerprint density at radius 2 is 1.87 bits per heavy atom. The third kappa shape index (κ3) is 7.07. The summed E-state index contributed by atoms with van der Waals surface area (Å²) in [6.07, 6.45) is 5.17. The van der Waals surface area contributed by atoms with Gasteiger partial charge in [-0.05, 0) is 59.9 Å². The summed E-state index contributed by atoms with van der Waals surface area (Å²) in [7, 11) is 1.50. The zero-order valence-corrected chi connectivity index (χ0v) is 21.5. The van der Waals surface area contributed by atoms with Crippen LogP contribution in [0.3, 0.4) is 0 Å². The van der Waals surface area contributed by atoms with Crippen molar-refractivity contribution < 1.29 is 39.1 Å². The molecule has 2 heterocycles. The number of carbonyl (C=O) groups is 1. The molecule has 2 aromatic carbocycles. The number of carbonyl (C=O) groups excluding carboxylic acids is 1. The normalized spacial score (nSPS) is 19.1. The van der Waals surface area contributed by atoms with E-state index in [2.05, 4.69) is 4.98 Å². The van der Waals surface area contributed by atoms with Gasteiger partial charge in [0.15, 0.2) is 23.0 Å². The van der Waals surface area contributed by atoms with E-state index in [9.17, 15) is 20.1 Å². The van der Waals surface area contributed by atoms with E-state index in [1.54, 1.807) is 30.6 Å². The standard InChI is InChI=1S/C29H33NO8/c1-18(31)37-23-15-22(7-5-19-6-8-24(32)27(12-19)35-2)38-26(16-23)21-13-25(33)29(34)28(14-21)36-11-9-20-4-3-10-30-17-20/h3-4,6,8,10,12-14,17,22-23,26,32-34H,5,7,9,11,15-16H2,1-2H3/t22-,23+,26-/m0/s1. The highest BCUT2D eigenvalue weighted by Crippen LogP contribution is 2.42. The smallest absolute Gasteiger partial charge is 0.302 e. The predicted molar refractivity (Wildman–Crippen MR) is 139 cm³/mol. The van der Waals surface area contributed by atoms with E-state index in [0.29, 0.717) is 43.4 Å². The van der Waals surface area contributed by atoms with Gasteiger partial charge >= 0.3 is 5.97 Å². The number of aromatic hydroxyl groups is 3. The lowest BCUT2D eigenvalue weighted by Gasteiger charge is -2.35. The Balaban J connectivity index is 1.48. The van der Waals surface area contributed by atoms with Crippen molar-refractivity contribution >= 4 is 5.97 Å². The van der Waals surface area contributed by atoms with Crippen LogP contribution in [0.4, 0.5) is 0 Å². The first-order valence-electron chi connectivity index (χ1n) is 12.6. The van der Waals surface area contributed by atoms with Gasteiger partial charge in [-0.15, -0.1) is 0 Å². The van der Waals surface area contributed by atoms with Crippen LogP contribution in [0.1, 0.15) is 49.0 Å². The number of methoxy groups -OCH3 is 1. The van der Waals surface area contributed by atoms with E-state index in [1.165, 1.54) is 20.1 Å². The third-order valence-electron chi connectivity index (χ3n) is 6.51. The maximum atomic E-state index is 11.7. The second-order valence-corrected chi connectivity index (χ2v) is 9.34. The largest absolute Gasteiger partial charge is 0.504 e. The molecular weight excluding hydrogens is 490 g/mol. The predicted octanol–water partition coefficient (Wildman–Crippen LogP) is 4.61. The Morgan fingerprint density at radius 3 is 2.61 bits per heavy atom. The van der Waals surface area contributed by atoms with Crippen LogP contribution >= 0.6 is 0 Å². The summed E-state index contributed by atoms with van der Waals surface area (Å²) in [6.45, 7) is 1.66. The van der Waals surface area contributed by atoms with Gasteiger partial charge < -0.3 is 34.3 Å². The van der Waals surface area contributed by atoms with Crippen molar-refractivity contribution in [1.29, 1.82) is 0 Å². The van der Waals surface area contributed by atoms with Crippen LogP contribution < -0.4 is 9.47 Å². The Hall–Kier alpha value is -3.98. The fraction of sp³-hybridized carbons (Fsp3) is 0.379. The van der Waals surface area contributed by atoms with Crippen LogP contribution in [-0.2, 0) is 27.1 Å². The third-order valence-corrected chi connectivity index (χ3v) is 6.51. The van der Waals surface area contributed by atoms with Gasteiger partial charge in [0.2, 0.25) is 5.75 Å². The zero-order valence-electron chi connectivity index (χ0n) is 21.5. The fourth-order valence-corrected chi connectivity index (χ4v) is 4.64. The molecule has 202 valence electrons. The Kier molecular flexibility index (Phi) is 8.91. The number of benzene rings is 2. The quantitative estimate of drug-likeness (QED) is 0.258. The van der Waals surface area contributed by atoms with Gasteiger partial charge in [-0.25, -0.2) is 0 Å². The average molecular weight is 524 g/mol. The second-order valence-electron chi connectivity index (χ2n) is 9.34. The topological polar surface area (TPSA) is 128 Å². The molecule has 3 N–H and O–H groups in total. The van der Waals surface area contributed by atoms with Crippen molar-refractivity contribution in [2.45, 2.75) is 57.3 Å². The van der Waals surface area contributed by atoms with E-state index >= 15 is 0 Å². The first kappa shape index (κ1) is 27.1. The number of phenolic OH excluding ortho intramolecular Hbond substituents is 3. The van der Waals surface area contributed by atoms with Crippen molar-refractivity contribution in [3.8, 4) is 28.7 Å². The molecule has 3 aromatic rings. The van der Waals surface area contributed by atoms with Crippen molar-refractivity contribution in [2.24, 2.45) is 0 Å². The minimum absolute atomic E-state index is 0.0748. The van der Waals surface area contributed by atoms with Gasteiger partial charge in [-0.1, -0.05) is 12.1 Å². The van der Waals surface area contributed by atoms with Crippen molar-refractivity contribution in [3.63, 3.8) is 0 Å². The number of hydrogen-bond acceptors (Lipinski definition) is 9. The minimum atomic E-state index is -0.486. The van der Waals surface area contributed by atoms with Crippen LogP contribution in [0, 0.1) is 0 Å². The molecule has 0 aliphatic carbocycles. The van der Waals surface area contributed by atoms with Gasteiger partial charge in [-0.2, -0.15) is 0 Å². The molecular formula is C29H33NO8. The number of hydrogen-bond donors (Lipinski definition) is 3. The van der Waals surface area contributed by atoms with Gasteiger partial charge in [0.05, 0.1) is 25.9 Å². The highest BCUT2D eigenvalue weighted by molar-refractivity contribution is 5.66. The van der Waals surface area contributed by atoms with Crippen LogP contribution in [0.15, 0.2) is 54.9 Å². The SMILES string of the molecule is COc1cc(CC[C@H]2C[C@@H](OC(C)=O)C[C@@H](c3cc(O)c(O)c(OCCc4cccnc4)c3)O2)ccc1O. The van der Waals surface area contributed by atoms with Crippen molar-refractivity contribution in [2.75, 3.05) is 13.7 Å². The number of aryl methyl sites for hydroxylation is 1. The highest BCUT2D eigenvalue weighted by Gasteiger charge is 2.33. The summed E-state index contributed by atoms with van der Waals surface area (Å²) in [5.74, 6) is -0.403. The van der Waals surface area contributed by atoms with E-state index in [1.807, 2.05) is 18.2 Å². The molecule has 9 heteroatoms. The molecule has 1 saturated heterocycles. The maximum Gasteiger partial charge on any atom is 0.302 e. The van der Waals surface area contributed by atoms with Gasteiger partial charge in [0.1, 0.15) is 6.10 Å². The molecule has 1 aliphatic rings. The van der Waals surface area contributed by atoms with Crippen LogP contribution in [-0.4, -0.2) is 52.2 Å². The first-order chi connectivity index (χ1) is 18.3. The molecule has 0 radical (unpaired) electrons. The Bertz CT molecular complexity index is 1230. The molecule has 1 aromatic heterocycles. The van der Waals surface area contributed by atoms with Crippen LogP contribution in [0.5, 0.6) is 28.7 Å². The molecule has 0 bridgehead atoms. The molecule has 3 atom stereocenters. The van der Waals surface area contributed by atoms with Gasteiger partial charge in [0, 0.05) is 38.6 Å². The van der Waals surface area contributed by atoms with Crippen molar-refractivity contribution in [3.05, 3.63) is 71.5 Å². The number of aromatic nitrogens is 1. The van der Waals surface area contributed by atoms with Gasteiger partial charge in [0.25, 0.3) is 0 Å². The number of pyridine rings is 1. The lowest BCUT2D eigenvalue weighted by atomic mass is 9.92. The Morgan fingerprint density at radius 1 is 1.03 bits per heavy atom. The summed E-state index contributed by atoms with van der Waals surface area (Å²) >= 11 is 0. The summed E-state index contributed by atoms with van der Waals surface area (Å²) in [4.78, 5) is 15.8. The second kappa shape index (κ2) is 12.5. The summed E-state index contributed by atoms with van der Waals surface area (Å²) in [5.41, 5.74) is 2.58. The van der Waals surface area contributed by atoms with E-state index in [4.69, 9.17) is 18.9 Å². The Labute approximate surface area is 221 Å². The number of esters is 1. The number of phenols is 3. The first-order valence-corrected chi connectivity index (χ1v) is 12.6. The van der Waals surface area contributed by atoms with E-state index in [0.717, 1.165) is 11.1 Å². The molecule has 4 rings (SSSR count). The lowest BCUT2D eigenvalue weighted by molar-refractivity contribution is -0.160. The molecule has 38 heavy (non-hydrogen) atoms. The number of nitrogens with zero attached hydrogens (tertiary/aromatic N) is 1. The molecule has 0 spiro atoms. The highest BCUT2D eigenvalue weighted by atomic mass is 16.6. The summed E-state index contributed by atoms with van der Waals surface area (Å²) in [5, 5.41) is 30.7.